The zero-order valence-corrected chi connectivity index (χ0v) is 10.9. The molecular weight excluding hydrogens is 258 g/mol. The number of hydrogen-bond acceptors (Lipinski definition) is 5. The topological polar surface area (TPSA) is 93.5 Å². The number of fused-ring (bicyclic) bond motifs is 1. The van der Waals surface area contributed by atoms with Crippen LogP contribution in [0.3, 0.4) is 0 Å². The Hall–Kier alpha value is -2.83. The Morgan fingerprint density at radius 3 is 2.90 bits per heavy atom. The largest absolute Gasteiger partial charge is 0.309 e. The van der Waals surface area contributed by atoms with Crippen molar-refractivity contribution in [2.24, 2.45) is 0 Å². The van der Waals surface area contributed by atoms with Crippen LogP contribution in [0.2, 0.25) is 0 Å². The van der Waals surface area contributed by atoms with Crippen LogP contribution in [0.5, 0.6) is 0 Å². The quantitative estimate of drug-likeness (QED) is 0.701. The van der Waals surface area contributed by atoms with Crippen molar-refractivity contribution in [2.45, 2.75) is 13.8 Å². The lowest BCUT2D eigenvalue weighted by Crippen LogP contribution is -2.10. The third kappa shape index (κ3) is 1.89. The highest BCUT2D eigenvalue weighted by Crippen LogP contribution is 2.14. The van der Waals surface area contributed by atoms with Crippen molar-refractivity contribution in [3.8, 4) is 5.69 Å². The van der Waals surface area contributed by atoms with Crippen LogP contribution in [-0.4, -0.2) is 30.7 Å². The first-order valence-electron chi connectivity index (χ1n) is 6.00. The first-order valence-corrected chi connectivity index (χ1v) is 6.00. The van der Waals surface area contributed by atoms with E-state index in [1.165, 1.54) is 11.6 Å². The number of rotatable bonds is 2. The lowest BCUT2D eigenvalue weighted by Gasteiger charge is -2.03. The number of nitrogens with zero attached hydrogens (tertiary/aromatic N) is 4. The Labute approximate surface area is 113 Å². The predicted molar refractivity (Wildman–Crippen MR) is 72.0 cm³/mol. The molecule has 0 amide bonds. The van der Waals surface area contributed by atoms with Crippen LogP contribution in [0.15, 0.2) is 29.1 Å². The molecule has 0 spiro atoms. The molecule has 7 nitrogen and oxygen atoms in total. The maximum atomic E-state index is 11.8. The Morgan fingerprint density at radius 1 is 1.35 bits per heavy atom. The van der Waals surface area contributed by atoms with Crippen LogP contribution >= 0.6 is 0 Å². The van der Waals surface area contributed by atoms with E-state index in [-0.39, 0.29) is 16.9 Å². The van der Waals surface area contributed by atoms with Crippen molar-refractivity contribution < 1.29 is 4.79 Å². The molecule has 0 saturated carbocycles. The van der Waals surface area contributed by atoms with E-state index in [1.807, 2.05) is 0 Å². The summed E-state index contributed by atoms with van der Waals surface area (Å²) in [5.41, 5.74) is 1.41. The molecule has 0 radical (unpaired) electrons. The second-order valence-corrected chi connectivity index (χ2v) is 4.43. The maximum absolute atomic E-state index is 11.8. The summed E-state index contributed by atoms with van der Waals surface area (Å²) in [6.07, 6.45) is 0. The second kappa shape index (κ2) is 4.37. The highest BCUT2D eigenvalue weighted by atomic mass is 16.1. The van der Waals surface area contributed by atoms with Crippen molar-refractivity contribution in [3.63, 3.8) is 0 Å². The summed E-state index contributed by atoms with van der Waals surface area (Å²) in [6, 6.07) is 6.93. The molecule has 0 aliphatic carbocycles. The zero-order valence-electron chi connectivity index (χ0n) is 10.9. The third-order valence-electron chi connectivity index (χ3n) is 2.93. The zero-order chi connectivity index (χ0) is 14.3. The van der Waals surface area contributed by atoms with Crippen molar-refractivity contribution in [2.75, 3.05) is 0 Å². The molecule has 0 bridgehead atoms. The van der Waals surface area contributed by atoms with Crippen molar-refractivity contribution in [1.82, 2.24) is 25.0 Å². The van der Waals surface area contributed by atoms with Crippen molar-refractivity contribution in [1.29, 1.82) is 0 Å². The van der Waals surface area contributed by atoms with Crippen LogP contribution in [0.25, 0.3) is 16.9 Å². The fourth-order valence-corrected chi connectivity index (χ4v) is 1.96. The van der Waals surface area contributed by atoms with E-state index in [4.69, 9.17) is 0 Å². The summed E-state index contributed by atoms with van der Waals surface area (Å²) in [5.74, 6) is 0.437. The molecule has 0 aliphatic rings. The number of carbonyl (C=O) groups excluding carboxylic acids is 1. The van der Waals surface area contributed by atoms with Gasteiger partial charge in [0.2, 0.25) is 0 Å². The van der Waals surface area contributed by atoms with Crippen LogP contribution in [0.4, 0.5) is 0 Å². The highest BCUT2D eigenvalue weighted by molar-refractivity contribution is 5.94. The Morgan fingerprint density at radius 2 is 2.15 bits per heavy atom. The number of nitrogens with one attached hydrogen (secondary N) is 1. The molecule has 3 rings (SSSR count). The first-order chi connectivity index (χ1) is 9.56. The molecule has 20 heavy (non-hydrogen) atoms. The molecule has 1 aromatic carbocycles. The van der Waals surface area contributed by atoms with Gasteiger partial charge < -0.3 is 4.98 Å². The Balaban J connectivity index is 2.27. The molecular formula is C13H11N5O2. The number of hydrogen-bond donors (Lipinski definition) is 1. The van der Waals surface area contributed by atoms with Gasteiger partial charge in [-0.2, -0.15) is 4.68 Å². The van der Waals surface area contributed by atoms with Gasteiger partial charge in [-0.25, -0.2) is 4.98 Å². The highest BCUT2D eigenvalue weighted by Gasteiger charge is 2.12. The fraction of sp³-hybridized carbons (Fsp3) is 0.154. The fourth-order valence-electron chi connectivity index (χ4n) is 1.96. The van der Waals surface area contributed by atoms with Gasteiger partial charge in [0.1, 0.15) is 5.82 Å². The summed E-state index contributed by atoms with van der Waals surface area (Å²) in [6.45, 7) is 3.18. The van der Waals surface area contributed by atoms with E-state index in [1.54, 1.807) is 31.2 Å². The summed E-state index contributed by atoms with van der Waals surface area (Å²) < 4.78 is 1.45. The molecule has 0 aliphatic heterocycles. The van der Waals surface area contributed by atoms with E-state index >= 15 is 0 Å². The SMILES string of the molecule is CC(=O)c1cccc(-n2nnc3c(=O)[nH]c(C)nc32)c1. The predicted octanol–water partition coefficient (Wildman–Crippen LogP) is 1.01. The first kappa shape index (κ1) is 12.2. The lowest BCUT2D eigenvalue weighted by atomic mass is 10.1. The lowest BCUT2D eigenvalue weighted by molar-refractivity contribution is 0.101. The van der Waals surface area contributed by atoms with Crippen molar-refractivity contribution >= 4 is 16.9 Å². The molecule has 0 unspecified atom stereocenters. The van der Waals surface area contributed by atoms with E-state index in [2.05, 4.69) is 20.3 Å². The number of ketones is 1. The van der Waals surface area contributed by atoms with E-state index in [9.17, 15) is 9.59 Å². The van der Waals surface area contributed by atoms with E-state index < -0.39 is 0 Å². The van der Waals surface area contributed by atoms with Crippen LogP contribution in [0, 0.1) is 6.92 Å². The van der Waals surface area contributed by atoms with Gasteiger partial charge in [-0.3, -0.25) is 9.59 Å². The van der Waals surface area contributed by atoms with Gasteiger partial charge in [-0.1, -0.05) is 17.3 Å². The minimum absolute atomic E-state index is 0.0433. The summed E-state index contributed by atoms with van der Waals surface area (Å²) in [7, 11) is 0. The van der Waals surface area contributed by atoms with Gasteiger partial charge >= 0.3 is 0 Å². The molecule has 100 valence electrons. The normalized spacial score (nSPS) is 10.9. The van der Waals surface area contributed by atoms with Gasteiger partial charge in [0.15, 0.2) is 16.9 Å². The summed E-state index contributed by atoms with van der Waals surface area (Å²) in [5, 5.41) is 7.77. The van der Waals surface area contributed by atoms with E-state index in [0.29, 0.717) is 22.7 Å². The van der Waals surface area contributed by atoms with E-state index in [0.717, 1.165) is 0 Å². The molecule has 0 fully saturated rings. The van der Waals surface area contributed by atoms with Crippen LogP contribution < -0.4 is 5.56 Å². The number of aryl methyl sites for hydroxylation is 1. The van der Waals surface area contributed by atoms with Gasteiger partial charge in [0.05, 0.1) is 5.69 Å². The smallest absolute Gasteiger partial charge is 0.281 e. The number of H-pyrrole nitrogens is 1. The molecule has 0 saturated heterocycles. The average Bonchev–Trinajstić information content (AvgIpc) is 2.82. The third-order valence-corrected chi connectivity index (χ3v) is 2.93. The number of Topliss-reactive ketones (excluding diaryl/α,β-unsaturated/α-hetero) is 1. The Bertz CT molecular complexity index is 878. The molecule has 2 heterocycles. The summed E-state index contributed by atoms with van der Waals surface area (Å²) in [4.78, 5) is 30.0. The minimum atomic E-state index is -0.332. The number of aromatic amines is 1. The average molecular weight is 269 g/mol. The van der Waals surface area contributed by atoms with Gasteiger partial charge in [0.25, 0.3) is 5.56 Å². The number of aromatic nitrogens is 5. The molecule has 7 heteroatoms. The number of carbonyl (C=O) groups is 1. The molecule has 2 aromatic heterocycles. The number of benzene rings is 1. The molecule has 1 N–H and O–H groups in total. The van der Waals surface area contributed by atoms with Crippen molar-refractivity contribution in [3.05, 3.63) is 46.0 Å². The van der Waals surface area contributed by atoms with Crippen LogP contribution in [0.1, 0.15) is 23.1 Å². The van der Waals surface area contributed by atoms with Gasteiger partial charge in [-0.05, 0) is 26.0 Å². The molecule has 3 aromatic rings. The summed E-state index contributed by atoms with van der Waals surface area (Å²) >= 11 is 0. The molecule has 0 atom stereocenters. The Kier molecular flexibility index (Phi) is 2.67. The van der Waals surface area contributed by atoms with Gasteiger partial charge in [-0.15, -0.1) is 5.10 Å². The standard InChI is InChI=1S/C13H11N5O2/c1-7(19)9-4-3-5-10(6-9)18-12-11(16-17-18)13(20)15-8(2)14-12/h3-6H,1-2H3,(H,14,15,20). The van der Waals surface area contributed by atoms with Gasteiger partial charge in [0, 0.05) is 5.56 Å². The van der Waals surface area contributed by atoms with Crippen LogP contribution in [-0.2, 0) is 0 Å². The minimum Gasteiger partial charge on any atom is -0.309 e. The maximum Gasteiger partial charge on any atom is 0.281 e. The second-order valence-electron chi connectivity index (χ2n) is 4.43. The monoisotopic (exact) mass is 269 g/mol.